The fourth-order valence-electron chi connectivity index (χ4n) is 6.12. The molecule has 2 aromatic rings. The monoisotopic (exact) mass is 647 g/mol. The zero-order valence-corrected chi connectivity index (χ0v) is 28.2. The Kier molecular flexibility index (Phi) is 12.0. The van der Waals surface area contributed by atoms with Crippen LogP contribution >= 0.6 is 0 Å². The number of likely N-dealkylation sites (N-methyl/N-ethyl adjacent to an activating group) is 1. The lowest BCUT2D eigenvalue weighted by Gasteiger charge is -2.33. The van der Waals surface area contributed by atoms with Crippen molar-refractivity contribution < 1.29 is 29.0 Å². The van der Waals surface area contributed by atoms with Crippen LogP contribution in [0.25, 0.3) is 6.08 Å². The van der Waals surface area contributed by atoms with Gasteiger partial charge >= 0.3 is 0 Å². The van der Waals surface area contributed by atoms with Crippen molar-refractivity contribution in [3.8, 4) is 11.5 Å². The molecule has 0 unspecified atom stereocenters. The zero-order valence-electron chi connectivity index (χ0n) is 28.2. The highest BCUT2D eigenvalue weighted by molar-refractivity contribution is 5.96. The summed E-state index contributed by atoms with van der Waals surface area (Å²) in [6.07, 6.45) is 4.04. The van der Waals surface area contributed by atoms with Crippen molar-refractivity contribution in [1.82, 2.24) is 25.8 Å². The van der Waals surface area contributed by atoms with Crippen LogP contribution in [0.5, 0.6) is 11.5 Å². The minimum atomic E-state index is -1.08. The number of phenols is 1. The lowest BCUT2D eigenvalue weighted by molar-refractivity contribution is -0.144. The van der Waals surface area contributed by atoms with Crippen LogP contribution in [0, 0.1) is 11.8 Å². The van der Waals surface area contributed by atoms with Crippen LogP contribution < -0.4 is 20.7 Å². The summed E-state index contributed by atoms with van der Waals surface area (Å²) in [7, 11) is 3.68. The summed E-state index contributed by atoms with van der Waals surface area (Å²) in [5, 5.41) is 19.1. The molecule has 2 bridgehead atoms. The van der Waals surface area contributed by atoms with E-state index >= 15 is 0 Å². The smallest absolute Gasteiger partial charge is 0.247 e. The van der Waals surface area contributed by atoms with Crippen molar-refractivity contribution in [2.24, 2.45) is 11.8 Å². The van der Waals surface area contributed by atoms with Gasteiger partial charge in [0, 0.05) is 31.1 Å². The van der Waals surface area contributed by atoms with Crippen LogP contribution in [0.2, 0.25) is 0 Å². The minimum Gasteiger partial charge on any atom is -0.507 e. The molecule has 2 heterocycles. The molecule has 0 saturated carbocycles. The van der Waals surface area contributed by atoms with Crippen LogP contribution in [0.3, 0.4) is 0 Å². The molecule has 1 saturated heterocycles. The normalized spacial score (nSPS) is 21.7. The topological polar surface area (TPSA) is 140 Å². The van der Waals surface area contributed by atoms with Gasteiger partial charge in [0.05, 0.1) is 6.04 Å². The van der Waals surface area contributed by atoms with E-state index in [-0.39, 0.29) is 36.5 Å². The number of rotatable bonds is 10. The van der Waals surface area contributed by atoms with Gasteiger partial charge in [-0.3, -0.25) is 24.1 Å². The van der Waals surface area contributed by atoms with E-state index in [0.29, 0.717) is 30.6 Å². The molecule has 11 nitrogen and oxygen atoms in total. The van der Waals surface area contributed by atoms with Crippen molar-refractivity contribution in [3.63, 3.8) is 0 Å². The number of carbonyl (C=O) groups is 4. The number of nitrogens with zero attached hydrogens (tertiary/aromatic N) is 2. The number of fused-ring (bicyclic) bond motifs is 3. The number of ether oxygens (including phenoxy) is 1. The van der Waals surface area contributed by atoms with Crippen LogP contribution in [-0.4, -0.2) is 89.4 Å². The summed E-state index contributed by atoms with van der Waals surface area (Å²) >= 11 is 0. The number of likely N-dealkylation sites (tertiary alicyclic amines) is 1. The summed E-state index contributed by atoms with van der Waals surface area (Å²) in [6.45, 7) is 8.10. The lowest BCUT2D eigenvalue weighted by Crippen LogP contribution is -2.60. The maximum Gasteiger partial charge on any atom is 0.247 e. The molecular weight excluding hydrogens is 598 g/mol. The molecule has 47 heavy (non-hydrogen) atoms. The van der Waals surface area contributed by atoms with E-state index in [1.165, 1.54) is 17.2 Å². The minimum absolute atomic E-state index is 0.00170. The van der Waals surface area contributed by atoms with Crippen molar-refractivity contribution in [1.29, 1.82) is 0 Å². The van der Waals surface area contributed by atoms with Gasteiger partial charge in [0.1, 0.15) is 35.7 Å². The Morgan fingerprint density at radius 3 is 2.47 bits per heavy atom. The Morgan fingerprint density at radius 2 is 1.81 bits per heavy atom. The highest BCUT2D eigenvalue weighted by Gasteiger charge is 2.46. The second-order valence-electron chi connectivity index (χ2n) is 13.2. The number of phenolic OH excluding ortho intramolecular Hbond substituents is 1. The third-order valence-corrected chi connectivity index (χ3v) is 8.98. The number of hydrogen-bond acceptors (Lipinski definition) is 7. The second kappa shape index (κ2) is 15.9. The molecule has 0 spiro atoms. The average Bonchev–Trinajstić information content (AvgIpc) is 3.46. The molecule has 0 aromatic heterocycles. The molecule has 254 valence electrons. The largest absolute Gasteiger partial charge is 0.507 e. The highest BCUT2D eigenvalue weighted by Crippen LogP contribution is 2.30. The Labute approximate surface area is 277 Å². The van der Waals surface area contributed by atoms with E-state index in [4.69, 9.17) is 4.74 Å². The van der Waals surface area contributed by atoms with Crippen molar-refractivity contribution in [3.05, 3.63) is 65.9 Å². The molecule has 0 radical (unpaired) electrons. The van der Waals surface area contributed by atoms with E-state index in [9.17, 15) is 24.3 Å². The molecule has 4 N–H and O–H groups in total. The molecule has 11 heteroatoms. The van der Waals surface area contributed by atoms with Gasteiger partial charge in [-0.05, 0) is 62.2 Å². The number of aromatic hydroxyl groups is 1. The second-order valence-corrected chi connectivity index (χ2v) is 13.2. The average molecular weight is 648 g/mol. The van der Waals surface area contributed by atoms with E-state index in [0.717, 1.165) is 5.56 Å². The number of amides is 4. The maximum atomic E-state index is 14.5. The van der Waals surface area contributed by atoms with E-state index in [1.54, 1.807) is 18.2 Å². The Bertz CT molecular complexity index is 1440. The van der Waals surface area contributed by atoms with Crippen LogP contribution in [-0.2, 0) is 25.6 Å². The summed E-state index contributed by atoms with van der Waals surface area (Å²) in [4.78, 5) is 59.0. The summed E-state index contributed by atoms with van der Waals surface area (Å²) in [6, 6.07) is 10.8. The first-order valence-electron chi connectivity index (χ1n) is 16.5. The first-order valence-corrected chi connectivity index (χ1v) is 16.5. The summed E-state index contributed by atoms with van der Waals surface area (Å²) < 4.78 is 6.34. The van der Waals surface area contributed by atoms with Gasteiger partial charge < -0.3 is 30.7 Å². The predicted octanol–water partition coefficient (Wildman–Crippen LogP) is 3.08. The third kappa shape index (κ3) is 8.91. The Morgan fingerprint density at radius 1 is 1.09 bits per heavy atom. The first-order chi connectivity index (χ1) is 22.4. The fourth-order valence-corrected chi connectivity index (χ4v) is 6.12. The van der Waals surface area contributed by atoms with Gasteiger partial charge in [-0.1, -0.05) is 64.4 Å². The van der Waals surface area contributed by atoms with E-state index < -0.39 is 48.0 Å². The Hall–Kier alpha value is -4.38. The standard InChI is InChI=1S/C36H49N5O6/c1-7-23(4)31-34(44)37-17-15-25-21-26(13-14-29(25)42)47-30-16-18-41(32(30)35(45)39-31)36(46)27(20-24-11-9-8-10-12-24)38-33(43)28(40(5)6)19-22(2)3/h8-15,17,21-23,27-28,30-32,42H,7,16,18-20H2,1-6H3,(H,37,44)(H,38,43)(H,39,45)/t23-,27-,28-,30+,31-,32+/m0/s1. The lowest BCUT2D eigenvalue weighted by atomic mass is 9.97. The van der Waals surface area contributed by atoms with Gasteiger partial charge in [0.2, 0.25) is 23.6 Å². The van der Waals surface area contributed by atoms with E-state index in [1.807, 2.05) is 77.0 Å². The quantitative estimate of drug-likeness (QED) is 0.311. The molecule has 2 aliphatic heterocycles. The van der Waals surface area contributed by atoms with Gasteiger partial charge in [0.15, 0.2) is 0 Å². The van der Waals surface area contributed by atoms with Gasteiger partial charge in [0.25, 0.3) is 0 Å². The van der Waals surface area contributed by atoms with Crippen LogP contribution in [0.4, 0.5) is 0 Å². The molecule has 2 aliphatic rings. The van der Waals surface area contributed by atoms with Crippen molar-refractivity contribution >= 4 is 29.7 Å². The van der Waals surface area contributed by atoms with Gasteiger partial charge in [-0.25, -0.2) is 0 Å². The molecule has 0 aliphatic carbocycles. The summed E-state index contributed by atoms with van der Waals surface area (Å²) in [5.74, 6) is -1.16. The Balaban J connectivity index is 1.71. The van der Waals surface area contributed by atoms with Gasteiger partial charge in [-0.15, -0.1) is 0 Å². The molecule has 2 aromatic carbocycles. The summed E-state index contributed by atoms with van der Waals surface area (Å²) in [5.41, 5.74) is 1.28. The SMILES string of the molecule is CC[C@H](C)[C@@H]1NC(=O)[C@H]2[C@@H](CCN2C(=O)[C@H](Cc2ccccc2)NC(=O)[C@H](CC(C)C)N(C)C)Oc2ccc(O)c(c2)C=CNC1=O. The van der Waals surface area contributed by atoms with Crippen molar-refractivity contribution in [2.45, 2.75) is 83.6 Å². The zero-order chi connectivity index (χ0) is 34.2. The van der Waals surface area contributed by atoms with Crippen molar-refractivity contribution in [2.75, 3.05) is 20.6 Å². The molecule has 4 amide bonds. The molecular formula is C36H49N5O6. The predicted molar refractivity (Wildman–Crippen MR) is 180 cm³/mol. The third-order valence-electron chi connectivity index (χ3n) is 8.98. The first kappa shape index (κ1) is 35.5. The number of hydrogen-bond donors (Lipinski definition) is 4. The highest BCUT2D eigenvalue weighted by atomic mass is 16.5. The van der Waals surface area contributed by atoms with Crippen LogP contribution in [0.1, 0.15) is 58.1 Å². The maximum absolute atomic E-state index is 14.5. The fraction of sp³-hybridized carbons (Fsp3) is 0.500. The van der Waals surface area contributed by atoms with Crippen LogP contribution in [0.15, 0.2) is 54.7 Å². The van der Waals surface area contributed by atoms with E-state index in [2.05, 4.69) is 16.0 Å². The molecule has 6 atom stereocenters. The number of nitrogens with one attached hydrogen (secondary N) is 3. The van der Waals surface area contributed by atoms with Gasteiger partial charge in [-0.2, -0.15) is 0 Å². The number of benzene rings is 2. The number of carbonyl (C=O) groups excluding carboxylic acids is 4. The molecule has 1 fully saturated rings. The molecule has 4 rings (SSSR count).